The summed E-state index contributed by atoms with van der Waals surface area (Å²) in [6, 6.07) is 3.35. The van der Waals surface area contributed by atoms with Gasteiger partial charge in [-0.3, -0.25) is 19.3 Å². The predicted octanol–water partition coefficient (Wildman–Crippen LogP) is 3.20. The number of alkyl halides is 2. The van der Waals surface area contributed by atoms with Gasteiger partial charge in [0, 0.05) is 24.8 Å². The lowest BCUT2D eigenvalue weighted by Gasteiger charge is -2.49. The molecule has 0 unspecified atom stereocenters. The third-order valence-corrected chi connectivity index (χ3v) is 7.26. The molecule has 1 aromatic rings. The van der Waals surface area contributed by atoms with Gasteiger partial charge in [-0.05, 0) is 39.0 Å². The van der Waals surface area contributed by atoms with Crippen LogP contribution in [0.15, 0.2) is 18.2 Å². The van der Waals surface area contributed by atoms with Gasteiger partial charge in [0.2, 0.25) is 0 Å². The zero-order valence-corrected chi connectivity index (χ0v) is 16.1. The first kappa shape index (κ1) is 21.5. The molecule has 0 spiro atoms. The number of hydrogen-bond donors (Lipinski definition) is 5. The molecule has 5 N–H and O–H groups in total. The number of rotatable bonds is 3. The molecule has 27 heavy (non-hydrogen) atoms. The van der Waals surface area contributed by atoms with E-state index in [-0.39, 0.29) is 23.6 Å². The number of nitrogens with one attached hydrogen (secondary N) is 3. The minimum absolute atomic E-state index is 0.0148. The van der Waals surface area contributed by atoms with Gasteiger partial charge < -0.3 is 10.6 Å². The van der Waals surface area contributed by atoms with Crippen LogP contribution in [0.2, 0.25) is 0 Å². The summed E-state index contributed by atoms with van der Waals surface area (Å²) >= 11 is 0. The van der Waals surface area contributed by atoms with E-state index in [9.17, 15) is 27.1 Å². The Kier molecular flexibility index (Phi) is 5.54. The molecule has 0 aliphatic carbocycles. The van der Waals surface area contributed by atoms with Gasteiger partial charge in [-0.15, -0.1) is 10.8 Å². The summed E-state index contributed by atoms with van der Waals surface area (Å²) < 4.78 is 60.5. The summed E-state index contributed by atoms with van der Waals surface area (Å²) in [7, 11) is -1.96. The Morgan fingerprint density at radius 1 is 1.37 bits per heavy atom. The van der Waals surface area contributed by atoms with Crippen molar-refractivity contribution in [1.82, 2.24) is 9.62 Å². The largest absolute Gasteiger partial charge is 0.361 e. The fourth-order valence-corrected chi connectivity index (χ4v) is 4.45. The monoisotopic (exact) mass is 408 g/mol. The van der Waals surface area contributed by atoms with Crippen molar-refractivity contribution in [3.05, 3.63) is 29.6 Å². The van der Waals surface area contributed by atoms with Crippen molar-refractivity contribution in [3.8, 4) is 0 Å². The second kappa shape index (κ2) is 6.97. The van der Waals surface area contributed by atoms with E-state index < -0.39 is 39.2 Å². The maximum atomic E-state index is 14.6. The van der Waals surface area contributed by atoms with Crippen molar-refractivity contribution < 1.29 is 27.1 Å². The van der Waals surface area contributed by atoms with Crippen LogP contribution in [0.1, 0.15) is 26.3 Å². The number of benzene rings is 1. The van der Waals surface area contributed by atoms with Gasteiger partial charge in [0.05, 0.1) is 5.54 Å². The molecule has 1 saturated heterocycles. The van der Waals surface area contributed by atoms with Crippen LogP contribution >= 0.6 is 10.8 Å². The molecule has 1 fully saturated rings. The van der Waals surface area contributed by atoms with Gasteiger partial charge in [-0.2, -0.15) is 8.78 Å². The molecule has 0 aromatic heterocycles. The fourth-order valence-electron chi connectivity index (χ4n) is 2.90. The van der Waals surface area contributed by atoms with Crippen LogP contribution in [0.3, 0.4) is 0 Å². The van der Waals surface area contributed by atoms with Crippen molar-refractivity contribution in [3.63, 3.8) is 0 Å². The van der Waals surface area contributed by atoms with Crippen LogP contribution in [0.5, 0.6) is 0 Å². The summed E-state index contributed by atoms with van der Waals surface area (Å²) in [6.45, 7) is 4.42. The molecular weight excluding hydrogens is 385 g/mol. The third-order valence-electron chi connectivity index (χ3n) is 4.69. The Balaban J connectivity index is 2.50. The number of anilines is 1. The Morgan fingerprint density at radius 2 is 1.96 bits per heavy atom. The molecule has 152 valence electrons. The number of carbonyl (C=O) groups is 1. The molecule has 1 amide bonds. The van der Waals surface area contributed by atoms with Crippen molar-refractivity contribution in [2.24, 2.45) is 0 Å². The van der Waals surface area contributed by atoms with E-state index in [1.165, 1.54) is 31.3 Å². The minimum atomic E-state index is -3.40. The van der Waals surface area contributed by atoms with E-state index in [1.807, 2.05) is 5.32 Å². The molecule has 1 heterocycles. The zero-order valence-electron chi connectivity index (χ0n) is 15.3. The van der Waals surface area contributed by atoms with Crippen molar-refractivity contribution in [2.75, 3.05) is 18.9 Å². The average molecular weight is 408 g/mol. The lowest BCUT2D eigenvalue weighted by molar-refractivity contribution is -0.126. The lowest BCUT2D eigenvalue weighted by Crippen LogP contribution is -2.51. The van der Waals surface area contributed by atoms with Crippen LogP contribution in [-0.2, 0) is 10.3 Å². The van der Waals surface area contributed by atoms with E-state index in [1.54, 1.807) is 6.92 Å². The Morgan fingerprint density at radius 3 is 2.52 bits per heavy atom. The summed E-state index contributed by atoms with van der Waals surface area (Å²) in [6.07, 6.45) is -3.22. The number of nitrogens with zero attached hydrogens (tertiary/aromatic N) is 1. The van der Waals surface area contributed by atoms with E-state index in [4.69, 9.17) is 5.41 Å². The van der Waals surface area contributed by atoms with Crippen molar-refractivity contribution >= 4 is 28.2 Å². The van der Waals surface area contributed by atoms with Crippen molar-refractivity contribution in [2.45, 2.75) is 37.5 Å². The highest BCUT2D eigenvalue weighted by molar-refractivity contribution is 8.24. The Labute approximate surface area is 156 Å². The van der Waals surface area contributed by atoms with Gasteiger partial charge >= 0.3 is 6.43 Å². The normalized spacial score (nSPS) is 26.2. The second-order valence-corrected chi connectivity index (χ2v) is 9.81. The summed E-state index contributed by atoms with van der Waals surface area (Å²) in [4.78, 5) is 11.2. The fraction of sp³-hybridized carbons (Fsp3) is 0.500. The minimum Gasteiger partial charge on any atom is -0.361 e. The first-order valence-corrected chi connectivity index (χ1v) is 9.48. The molecule has 7 nitrogen and oxygen atoms in total. The molecule has 2 rings (SSSR count). The number of carbonyl (C=O) groups excluding carboxylic acids is 1. The highest BCUT2D eigenvalue weighted by Crippen LogP contribution is 2.57. The van der Waals surface area contributed by atoms with E-state index in [0.717, 1.165) is 12.1 Å². The molecular formula is C16H23F3N4O3S. The van der Waals surface area contributed by atoms with E-state index in [0.29, 0.717) is 0 Å². The number of halogens is 3. The summed E-state index contributed by atoms with van der Waals surface area (Å²) in [5.74, 6) is -2.43. The molecule has 0 saturated carbocycles. The first-order chi connectivity index (χ1) is 12.2. The molecule has 1 aliphatic heterocycles. The second-order valence-electron chi connectivity index (χ2n) is 7.13. The molecule has 1 aliphatic rings. The summed E-state index contributed by atoms with van der Waals surface area (Å²) in [5, 5.41) is 13.1. The Hall–Kier alpha value is -1.82. The van der Waals surface area contributed by atoms with Crippen LogP contribution in [0.4, 0.5) is 18.9 Å². The predicted molar refractivity (Wildman–Crippen MR) is 98.8 cm³/mol. The SMILES string of the molecule is CN1C[C@@](C)(c2cc(NC(=O)C(F)F)ccc2F)NC(=N)C(C)(C)S1(O)O. The molecule has 1 atom stereocenters. The van der Waals surface area contributed by atoms with Crippen LogP contribution in [0, 0.1) is 11.2 Å². The topological polar surface area (TPSA) is 109 Å². The number of likely N-dealkylation sites (N-methyl/N-ethyl adjacent to an activating group) is 1. The van der Waals surface area contributed by atoms with Gasteiger partial charge in [-0.25, -0.2) is 8.70 Å². The Bertz CT molecular complexity index is 775. The number of hydrogen-bond acceptors (Lipinski definition) is 5. The maximum absolute atomic E-state index is 14.6. The first-order valence-electron chi connectivity index (χ1n) is 7.98. The standard InChI is InChI=1S/C16H23F3N4O3S/c1-15(2)14(20)22-16(3,8-23(4)27(15,25)26)10-7-9(5-6-11(10)17)21-13(24)12(18)19/h5-7,12,25-26H,8H2,1-4H3,(H2,20,22)(H,21,24)/t16-/m0/s1. The highest BCUT2D eigenvalue weighted by Gasteiger charge is 2.49. The van der Waals surface area contributed by atoms with E-state index in [2.05, 4.69) is 5.32 Å². The third kappa shape index (κ3) is 3.77. The average Bonchev–Trinajstić information content (AvgIpc) is 2.59. The maximum Gasteiger partial charge on any atom is 0.315 e. The van der Waals surface area contributed by atoms with Gasteiger partial charge in [0.15, 0.2) is 0 Å². The summed E-state index contributed by atoms with van der Waals surface area (Å²) in [5.41, 5.74) is -1.35. The van der Waals surface area contributed by atoms with Crippen molar-refractivity contribution in [1.29, 1.82) is 5.41 Å². The van der Waals surface area contributed by atoms with Gasteiger partial charge in [0.25, 0.3) is 5.91 Å². The molecule has 0 radical (unpaired) electrons. The van der Waals surface area contributed by atoms with Gasteiger partial charge in [-0.1, -0.05) is 0 Å². The van der Waals surface area contributed by atoms with E-state index >= 15 is 0 Å². The van der Waals surface area contributed by atoms with Crippen LogP contribution in [0.25, 0.3) is 0 Å². The quantitative estimate of drug-likeness (QED) is 0.528. The van der Waals surface area contributed by atoms with Crippen LogP contribution in [-0.4, -0.2) is 49.9 Å². The molecule has 1 aromatic carbocycles. The number of amidine groups is 1. The zero-order chi connectivity index (χ0) is 20.8. The van der Waals surface area contributed by atoms with Gasteiger partial charge in [0.1, 0.15) is 16.4 Å². The highest BCUT2D eigenvalue weighted by atomic mass is 32.3. The number of amides is 1. The smallest absolute Gasteiger partial charge is 0.315 e. The lowest BCUT2D eigenvalue weighted by atomic mass is 9.90. The van der Waals surface area contributed by atoms with Crippen LogP contribution < -0.4 is 10.6 Å². The molecule has 11 heteroatoms. The molecule has 0 bridgehead atoms.